The maximum atomic E-state index is 12.8. The zero-order chi connectivity index (χ0) is 22.9. The van der Waals surface area contributed by atoms with Crippen LogP contribution in [0.25, 0.3) is 0 Å². The van der Waals surface area contributed by atoms with Gasteiger partial charge in [0.1, 0.15) is 4.90 Å². The van der Waals surface area contributed by atoms with Gasteiger partial charge in [-0.2, -0.15) is 4.31 Å². The van der Waals surface area contributed by atoms with E-state index < -0.39 is 28.5 Å². The number of amides is 1. The van der Waals surface area contributed by atoms with Gasteiger partial charge in [-0.25, -0.2) is 13.2 Å². The van der Waals surface area contributed by atoms with Crippen LogP contribution in [-0.4, -0.2) is 76.6 Å². The van der Waals surface area contributed by atoms with Gasteiger partial charge >= 0.3 is 11.9 Å². The maximum absolute atomic E-state index is 12.8. The Morgan fingerprint density at radius 3 is 2.58 bits per heavy atom. The Hall–Kier alpha value is -2.21. The smallest absolute Gasteiger partial charge is 0.338 e. The molecule has 1 saturated heterocycles. The lowest BCUT2D eigenvalue weighted by molar-refractivity contribution is -0.143. The molecule has 1 fully saturated rings. The molecule has 0 saturated carbocycles. The molecule has 172 valence electrons. The number of carbonyl (C=O) groups is 3. The highest BCUT2D eigenvalue weighted by Crippen LogP contribution is 2.26. The minimum atomic E-state index is -3.91. The second kappa shape index (κ2) is 12.0. The number of sulfonamides is 1. The molecule has 1 heterocycles. The molecule has 1 aliphatic rings. The number of benzene rings is 1. The average molecular weight is 477 g/mol. The Bertz CT molecular complexity index is 900. The van der Waals surface area contributed by atoms with Crippen LogP contribution in [0.4, 0.5) is 0 Å². The number of ether oxygens (including phenoxy) is 3. The Morgan fingerprint density at radius 2 is 1.90 bits per heavy atom. The van der Waals surface area contributed by atoms with Crippen LogP contribution in [0, 0.1) is 0 Å². The number of esters is 2. The summed E-state index contributed by atoms with van der Waals surface area (Å²) < 4.78 is 41.8. The lowest BCUT2D eigenvalue weighted by Gasteiger charge is -2.26. The van der Waals surface area contributed by atoms with Crippen molar-refractivity contribution in [2.45, 2.75) is 24.7 Å². The van der Waals surface area contributed by atoms with Crippen molar-refractivity contribution in [3.8, 4) is 0 Å². The number of nitrogens with zero attached hydrogens (tertiary/aromatic N) is 1. The number of hydrogen-bond donors (Lipinski definition) is 1. The van der Waals surface area contributed by atoms with E-state index in [9.17, 15) is 22.8 Å². The minimum absolute atomic E-state index is 0.0256. The molecule has 1 aromatic carbocycles. The zero-order valence-corrected chi connectivity index (χ0v) is 18.7. The van der Waals surface area contributed by atoms with Crippen molar-refractivity contribution in [3.05, 3.63) is 28.8 Å². The SMILES string of the molecule is CCOC(=O)CCCNC(=O)COC(=O)c1ccc(Cl)c(S(=O)(=O)N2CCOCC2)c1. The molecule has 0 atom stereocenters. The lowest BCUT2D eigenvalue weighted by Crippen LogP contribution is -2.40. The first-order valence-electron chi connectivity index (χ1n) is 9.72. The van der Waals surface area contributed by atoms with Crippen molar-refractivity contribution in [2.75, 3.05) is 46.1 Å². The summed E-state index contributed by atoms with van der Waals surface area (Å²) in [6.07, 6.45) is 0.553. The molecule has 1 aliphatic heterocycles. The normalized spacial score (nSPS) is 14.6. The van der Waals surface area contributed by atoms with E-state index in [1.165, 1.54) is 16.4 Å². The lowest BCUT2D eigenvalue weighted by atomic mass is 10.2. The third kappa shape index (κ3) is 7.46. The first-order valence-corrected chi connectivity index (χ1v) is 11.5. The number of carbonyl (C=O) groups excluding carboxylic acids is 3. The quantitative estimate of drug-likeness (QED) is 0.391. The number of halogens is 1. The van der Waals surface area contributed by atoms with E-state index in [1.807, 2.05) is 0 Å². The molecule has 1 N–H and O–H groups in total. The van der Waals surface area contributed by atoms with Crippen molar-refractivity contribution in [1.82, 2.24) is 9.62 Å². The Kier molecular flexibility index (Phi) is 9.69. The summed E-state index contributed by atoms with van der Waals surface area (Å²) in [5.74, 6) is -1.77. The highest BCUT2D eigenvalue weighted by atomic mass is 35.5. The van der Waals surface area contributed by atoms with Crippen LogP contribution >= 0.6 is 11.6 Å². The van der Waals surface area contributed by atoms with Crippen LogP contribution < -0.4 is 5.32 Å². The van der Waals surface area contributed by atoms with Crippen molar-refractivity contribution >= 4 is 39.5 Å². The Labute approximate surface area is 185 Å². The second-order valence-electron chi connectivity index (χ2n) is 6.50. The number of hydrogen-bond acceptors (Lipinski definition) is 8. The fourth-order valence-electron chi connectivity index (χ4n) is 2.71. The third-order valence-corrected chi connectivity index (χ3v) is 6.65. The molecule has 0 aromatic heterocycles. The number of nitrogens with one attached hydrogen (secondary N) is 1. The molecule has 0 unspecified atom stereocenters. The van der Waals surface area contributed by atoms with E-state index in [0.717, 1.165) is 6.07 Å². The standard InChI is InChI=1S/C19H25ClN2O8S/c1-2-29-18(24)4-3-7-21-17(23)13-30-19(25)14-5-6-15(20)16(12-14)31(26,27)22-8-10-28-11-9-22/h5-6,12H,2-4,7-11,13H2,1H3,(H,21,23). The van der Waals surface area contributed by atoms with E-state index in [1.54, 1.807) is 6.92 Å². The van der Waals surface area contributed by atoms with E-state index in [2.05, 4.69) is 5.32 Å². The van der Waals surface area contributed by atoms with Gasteiger partial charge in [0.25, 0.3) is 5.91 Å². The van der Waals surface area contributed by atoms with Gasteiger partial charge in [0, 0.05) is 26.1 Å². The summed E-state index contributed by atoms with van der Waals surface area (Å²) in [6.45, 7) is 2.58. The van der Waals surface area contributed by atoms with Gasteiger partial charge in [0.05, 0.1) is 30.4 Å². The summed E-state index contributed by atoms with van der Waals surface area (Å²) in [5, 5.41) is 2.49. The average Bonchev–Trinajstić information content (AvgIpc) is 2.76. The largest absolute Gasteiger partial charge is 0.466 e. The highest BCUT2D eigenvalue weighted by Gasteiger charge is 2.29. The van der Waals surface area contributed by atoms with Crippen LogP contribution in [0.2, 0.25) is 5.02 Å². The Morgan fingerprint density at radius 1 is 1.19 bits per heavy atom. The molecule has 2 rings (SSSR count). The van der Waals surface area contributed by atoms with Crippen LogP contribution in [0.5, 0.6) is 0 Å². The number of rotatable bonds is 10. The summed E-state index contributed by atoms with van der Waals surface area (Å²) in [7, 11) is -3.91. The van der Waals surface area contributed by atoms with Crippen molar-refractivity contribution in [2.24, 2.45) is 0 Å². The van der Waals surface area contributed by atoms with E-state index >= 15 is 0 Å². The topological polar surface area (TPSA) is 128 Å². The predicted octanol–water partition coefficient (Wildman–Crippen LogP) is 0.977. The first-order chi connectivity index (χ1) is 14.8. The number of morpholine rings is 1. The highest BCUT2D eigenvalue weighted by molar-refractivity contribution is 7.89. The minimum Gasteiger partial charge on any atom is -0.466 e. The van der Waals surface area contributed by atoms with Crippen molar-refractivity contribution in [1.29, 1.82) is 0 Å². The predicted molar refractivity (Wildman–Crippen MR) is 110 cm³/mol. The zero-order valence-electron chi connectivity index (χ0n) is 17.1. The molecule has 1 aromatic rings. The van der Waals surface area contributed by atoms with Gasteiger partial charge in [-0.05, 0) is 31.5 Å². The summed E-state index contributed by atoms with van der Waals surface area (Å²) in [5.41, 5.74) is -0.0497. The fourth-order valence-corrected chi connectivity index (χ4v) is 4.62. The van der Waals surface area contributed by atoms with Gasteiger partial charge in [-0.15, -0.1) is 0 Å². The van der Waals surface area contributed by atoms with Crippen molar-refractivity contribution < 1.29 is 37.0 Å². The van der Waals surface area contributed by atoms with Crippen molar-refractivity contribution in [3.63, 3.8) is 0 Å². The van der Waals surface area contributed by atoms with Gasteiger partial charge in [0.2, 0.25) is 10.0 Å². The Balaban J connectivity index is 1.90. The van der Waals surface area contributed by atoms with Crippen LogP contribution in [0.3, 0.4) is 0 Å². The van der Waals surface area contributed by atoms with Crippen LogP contribution in [0.1, 0.15) is 30.1 Å². The van der Waals surface area contributed by atoms with Gasteiger partial charge in [0.15, 0.2) is 6.61 Å². The molecule has 1 amide bonds. The molecule has 0 radical (unpaired) electrons. The maximum Gasteiger partial charge on any atom is 0.338 e. The van der Waals surface area contributed by atoms with Crippen LogP contribution in [-0.2, 0) is 33.8 Å². The van der Waals surface area contributed by atoms with Crippen LogP contribution in [0.15, 0.2) is 23.1 Å². The van der Waals surface area contributed by atoms with Gasteiger partial charge in [-0.3, -0.25) is 9.59 Å². The molecule has 0 aliphatic carbocycles. The van der Waals surface area contributed by atoms with Gasteiger partial charge in [-0.1, -0.05) is 11.6 Å². The molecule has 12 heteroatoms. The first kappa shape index (κ1) is 25.1. The molecule has 0 bridgehead atoms. The molecule has 31 heavy (non-hydrogen) atoms. The third-order valence-electron chi connectivity index (χ3n) is 4.27. The summed E-state index contributed by atoms with van der Waals surface area (Å²) in [4.78, 5) is 35.1. The molecular formula is C19H25ClN2O8S. The second-order valence-corrected chi connectivity index (χ2v) is 8.81. The van der Waals surface area contributed by atoms with E-state index in [0.29, 0.717) is 13.0 Å². The summed E-state index contributed by atoms with van der Waals surface area (Å²) in [6, 6.07) is 3.74. The molecule has 0 spiro atoms. The van der Waals surface area contributed by atoms with E-state index in [4.69, 9.17) is 25.8 Å². The van der Waals surface area contributed by atoms with E-state index in [-0.39, 0.29) is 60.7 Å². The fraction of sp³-hybridized carbons (Fsp3) is 0.526. The summed E-state index contributed by atoms with van der Waals surface area (Å²) >= 11 is 6.06. The monoisotopic (exact) mass is 476 g/mol. The molecule has 10 nitrogen and oxygen atoms in total. The van der Waals surface area contributed by atoms with Gasteiger partial charge < -0.3 is 19.5 Å². The molecular weight excluding hydrogens is 452 g/mol.